The van der Waals surface area contributed by atoms with Crippen molar-refractivity contribution in [1.82, 2.24) is 19.7 Å². The van der Waals surface area contributed by atoms with Gasteiger partial charge in [0.15, 0.2) is 0 Å². The second kappa shape index (κ2) is 6.96. The van der Waals surface area contributed by atoms with Crippen LogP contribution in [0.2, 0.25) is 0 Å². The summed E-state index contributed by atoms with van der Waals surface area (Å²) in [6, 6.07) is 16.5. The fourth-order valence-electron chi connectivity index (χ4n) is 3.84. The number of para-hydroxylation sites is 2. The molecule has 28 heavy (non-hydrogen) atoms. The molecule has 6 heteroatoms. The summed E-state index contributed by atoms with van der Waals surface area (Å²) in [5, 5.41) is 4.62. The van der Waals surface area contributed by atoms with Gasteiger partial charge in [-0.3, -0.25) is 9.67 Å². The van der Waals surface area contributed by atoms with Gasteiger partial charge in [-0.2, -0.15) is 5.10 Å². The molecule has 1 fully saturated rings. The minimum Gasteiger partial charge on any atom is -0.399 e. The smallest absolute Gasteiger partial charge is 0.0924 e. The number of hydrogen-bond acceptors (Lipinski definition) is 5. The molecule has 0 aliphatic carbocycles. The van der Waals surface area contributed by atoms with Gasteiger partial charge in [-0.25, -0.2) is 4.98 Å². The van der Waals surface area contributed by atoms with E-state index in [9.17, 15) is 0 Å². The van der Waals surface area contributed by atoms with Crippen LogP contribution in [0.15, 0.2) is 67.1 Å². The van der Waals surface area contributed by atoms with Crippen LogP contribution in [-0.2, 0) is 0 Å². The average molecular weight is 370 g/mol. The van der Waals surface area contributed by atoms with Gasteiger partial charge in [-0.15, -0.1) is 0 Å². The fraction of sp³-hybridized carbons (Fsp3) is 0.227. The highest BCUT2D eigenvalue weighted by atomic mass is 15.3. The van der Waals surface area contributed by atoms with Crippen LogP contribution < -0.4 is 10.6 Å². The lowest BCUT2D eigenvalue weighted by atomic mass is 10.0. The first kappa shape index (κ1) is 16.7. The van der Waals surface area contributed by atoms with Crippen LogP contribution in [0.5, 0.6) is 0 Å². The van der Waals surface area contributed by atoms with Gasteiger partial charge in [0.25, 0.3) is 0 Å². The van der Waals surface area contributed by atoms with E-state index in [1.165, 1.54) is 5.69 Å². The number of nitrogens with two attached hydrogens (primary N) is 1. The minimum absolute atomic E-state index is 0.409. The molecule has 2 aromatic carbocycles. The third kappa shape index (κ3) is 3.17. The molecule has 2 aromatic heterocycles. The summed E-state index contributed by atoms with van der Waals surface area (Å²) in [5.74, 6) is 0. The Hall–Kier alpha value is -3.41. The summed E-state index contributed by atoms with van der Waals surface area (Å²) in [6.07, 6.45) is 7.95. The zero-order valence-corrected chi connectivity index (χ0v) is 15.6. The van der Waals surface area contributed by atoms with Crippen LogP contribution in [0.3, 0.4) is 0 Å². The van der Waals surface area contributed by atoms with Crippen LogP contribution in [0.1, 0.15) is 18.9 Å². The first-order valence-electron chi connectivity index (χ1n) is 9.63. The second-order valence-corrected chi connectivity index (χ2v) is 7.26. The van der Waals surface area contributed by atoms with E-state index in [4.69, 9.17) is 10.7 Å². The molecule has 4 aromatic rings. The predicted molar refractivity (Wildman–Crippen MR) is 112 cm³/mol. The van der Waals surface area contributed by atoms with Crippen molar-refractivity contribution in [2.75, 3.05) is 23.7 Å². The van der Waals surface area contributed by atoms with Gasteiger partial charge in [0.1, 0.15) is 0 Å². The third-order valence-corrected chi connectivity index (χ3v) is 5.44. The molecule has 0 amide bonds. The molecule has 1 saturated heterocycles. The lowest BCUT2D eigenvalue weighted by molar-refractivity contribution is 0.367. The average Bonchev–Trinajstić information content (AvgIpc) is 3.24. The number of hydrogen-bond donors (Lipinski definition) is 1. The summed E-state index contributed by atoms with van der Waals surface area (Å²) >= 11 is 0. The van der Waals surface area contributed by atoms with Gasteiger partial charge in [0.2, 0.25) is 0 Å². The molecule has 0 saturated carbocycles. The number of piperidine rings is 1. The van der Waals surface area contributed by atoms with E-state index in [2.05, 4.69) is 38.0 Å². The van der Waals surface area contributed by atoms with Crippen molar-refractivity contribution in [3.8, 4) is 11.3 Å². The maximum atomic E-state index is 5.80. The largest absolute Gasteiger partial charge is 0.399 e. The van der Waals surface area contributed by atoms with Gasteiger partial charge >= 0.3 is 0 Å². The van der Waals surface area contributed by atoms with E-state index in [1.807, 2.05) is 48.8 Å². The van der Waals surface area contributed by atoms with E-state index >= 15 is 0 Å². The van der Waals surface area contributed by atoms with E-state index < -0.39 is 0 Å². The maximum absolute atomic E-state index is 5.80. The van der Waals surface area contributed by atoms with Crippen LogP contribution in [-0.4, -0.2) is 32.8 Å². The highest BCUT2D eigenvalue weighted by Crippen LogP contribution is 2.28. The van der Waals surface area contributed by atoms with Crippen LogP contribution >= 0.6 is 0 Å². The van der Waals surface area contributed by atoms with E-state index in [0.29, 0.717) is 6.04 Å². The zero-order valence-electron chi connectivity index (χ0n) is 15.6. The van der Waals surface area contributed by atoms with Crippen molar-refractivity contribution in [2.45, 2.75) is 18.9 Å². The van der Waals surface area contributed by atoms with Crippen LogP contribution in [0, 0.1) is 0 Å². The Morgan fingerprint density at radius 1 is 0.893 bits per heavy atom. The molecule has 2 N–H and O–H groups in total. The topological polar surface area (TPSA) is 72.9 Å². The number of benzene rings is 2. The number of fused-ring (bicyclic) bond motifs is 1. The van der Waals surface area contributed by atoms with Gasteiger partial charge in [0.05, 0.1) is 35.2 Å². The standard InChI is InChI=1S/C22H22N6/c23-17-5-7-18(8-6-17)27-11-9-19(10-12-27)28-15-16(13-25-28)22-14-24-20-3-1-2-4-21(20)26-22/h1-8,13-15,19H,9-12,23H2. The summed E-state index contributed by atoms with van der Waals surface area (Å²) in [7, 11) is 0. The van der Waals surface area contributed by atoms with Crippen molar-refractivity contribution in [3.05, 3.63) is 67.1 Å². The van der Waals surface area contributed by atoms with Crippen molar-refractivity contribution >= 4 is 22.4 Å². The van der Waals surface area contributed by atoms with Gasteiger partial charge in [0, 0.05) is 36.2 Å². The predicted octanol–water partition coefficient (Wildman–Crippen LogP) is 3.92. The number of rotatable bonds is 3. The molecule has 140 valence electrons. The minimum atomic E-state index is 0.409. The van der Waals surface area contributed by atoms with E-state index in [0.717, 1.165) is 53.9 Å². The Bertz CT molecular complexity index is 1090. The first-order chi connectivity index (χ1) is 13.8. The zero-order chi connectivity index (χ0) is 18.9. The summed E-state index contributed by atoms with van der Waals surface area (Å²) in [4.78, 5) is 11.7. The van der Waals surface area contributed by atoms with Gasteiger partial charge in [-0.05, 0) is 49.2 Å². The number of aromatic nitrogens is 4. The number of anilines is 2. The summed E-state index contributed by atoms with van der Waals surface area (Å²) in [5.41, 5.74) is 11.5. The Labute approximate surface area is 163 Å². The number of nitrogen functional groups attached to an aromatic ring is 1. The van der Waals surface area contributed by atoms with Crippen molar-refractivity contribution in [3.63, 3.8) is 0 Å². The molecule has 0 radical (unpaired) electrons. The molecule has 5 rings (SSSR count). The first-order valence-corrected chi connectivity index (χ1v) is 9.63. The number of nitrogens with zero attached hydrogens (tertiary/aromatic N) is 5. The monoisotopic (exact) mass is 370 g/mol. The van der Waals surface area contributed by atoms with E-state index in [1.54, 1.807) is 0 Å². The fourth-order valence-corrected chi connectivity index (χ4v) is 3.84. The van der Waals surface area contributed by atoms with Crippen molar-refractivity contribution in [1.29, 1.82) is 0 Å². The molecular formula is C22H22N6. The Morgan fingerprint density at radius 2 is 1.64 bits per heavy atom. The Kier molecular flexibility index (Phi) is 4.16. The molecular weight excluding hydrogens is 348 g/mol. The van der Waals surface area contributed by atoms with Crippen molar-refractivity contribution < 1.29 is 0 Å². The molecule has 1 aliphatic heterocycles. The highest BCUT2D eigenvalue weighted by Gasteiger charge is 2.21. The third-order valence-electron chi connectivity index (χ3n) is 5.44. The van der Waals surface area contributed by atoms with Crippen molar-refractivity contribution in [2.24, 2.45) is 0 Å². The molecule has 0 spiro atoms. The molecule has 6 nitrogen and oxygen atoms in total. The summed E-state index contributed by atoms with van der Waals surface area (Å²) < 4.78 is 2.09. The molecule has 1 aliphatic rings. The van der Waals surface area contributed by atoms with Gasteiger partial charge < -0.3 is 10.6 Å². The van der Waals surface area contributed by atoms with Crippen LogP contribution in [0.4, 0.5) is 11.4 Å². The maximum Gasteiger partial charge on any atom is 0.0924 e. The normalized spacial score (nSPS) is 15.2. The lowest BCUT2D eigenvalue weighted by Gasteiger charge is -2.33. The SMILES string of the molecule is Nc1ccc(N2CCC(n3cc(-c4cnc5ccccc5n4)cn3)CC2)cc1. The summed E-state index contributed by atoms with van der Waals surface area (Å²) in [6.45, 7) is 2.03. The Balaban J connectivity index is 1.30. The molecule has 3 heterocycles. The molecule has 0 bridgehead atoms. The molecule has 0 unspecified atom stereocenters. The van der Waals surface area contributed by atoms with Crippen LogP contribution in [0.25, 0.3) is 22.3 Å². The lowest BCUT2D eigenvalue weighted by Crippen LogP contribution is -2.34. The van der Waals surface area contributed by atoms with Gasteiger partial charge in [-0.1, -0.05) is 12.1 Å². The van der Waals surface area contributed by atoms with E-state index in [-0.39, 0.29) is 0 Å². The molecule has 0 atom stereocenters. The Morgan fingerprint density at radius 3 is 2.43 bits per heavy atom. The quantitative estimate of drug-likeness (QED) is 0.554. The highest BCUT2D eigenvalue weighted by molar-refractivity contribution is 5.76. The second-order valence-electron chi connectivity index (χ2n) is 7.26.